The molecule has 2 unspecified atom stereocenters. The number of likely N-dealkylation sites (tertiary alicyclic amines) is 1. The molecule has 0 bridgehead atoms. The Kier molecular flexibility index (Phi) is 3.36. The highest BCUT2D eigenvalue weighted by molar-refractivity contribution is 5.92. The predicted molar refractivity (Wildman–Crippen MR) is 64.1 cm³/mol. The van der Waals surface area contributed by atoms with E-state index in [0.717, 1.165) is 0 Å². The number of piperidine rings is 1. The number of carbonyl (C=O) groups is 2. The minimum absolute atomic E-state index is 0.0535. The SMILES string of the molecule is CC1CC(C(=O)O)CCN1C(=O)c1cncn1C. The highest BCUT2D eigenvalue weighted by atomic mass is 16.4. The highest BCUT2D eigenvalue weighted by Gasteiger charge is 2.33. The molecule has 1 amide bonds. The zero-order valence-electron chi connectivity index (χ0n) is 10.5. The van der Waals surface area contributed by atoms with Crippen molar-refractivity contribution in [2.45, 2.75) is 25.8 Å². The van der Waals surface area contributed by atoms with E-state index in [2.05, 4.69) is 4.98 Å². The Morgan fingerprint density at radius 2 is 2.22 bits per heavy atom. The number of carboxylic acid groups (broad SMARTS) is 1. The maximum Gasteiger partial charge on any atom is 0.306 e. The Balaban J connectivity index is 2.10. The van der Waals surface area contributed by atoms with E-state index < -0.39 is 5.97 Å². The summed E-state index contributed by atoms with van der Waals surface area (Å²) in [6, 6.07) is -0.0535. The second kappa shape index (κ2) is 4.80. The van der Waals surface area contributed by atoms with Gasteiger partial charge < -0.3 is 14.6 Å². The van der Waals surface area contributed by atoms with Gasteiger partial charge in [0.2, 0.25) is 0 Å². The minimum atomic E-state index is -0.769. The molecule has 2 rings (SSSR count). The first kappa shape index (κ1) is 12.6. The Labute approximate surface area is 105 Å². The van der Waals surface area contributed by atoms with Crippen LogP contribution < -0.4 is 0 Å². The van der Waals surface area contributed by atoms with Crippen molar-refractivity contribution in [2.75, 3.05) is 6.54 Å². The van der Waals surface area contributed by atoms with Crippen molar-refractivity contribution < 1.29 is 14.7 Å². The van der Waals surface area contributed by atoms with Gasteiger partial charge in [0.25, 0.3) is 5.91 Å². The Bertz CT molecular complexity index is 469. The lowest BCUT2D eigenvalue weighted by Gasteiger charge is -2.36. The topological polar surface area (TPSA) is 75.4 Å². The number of hydrogen-bond acceptors (Lipinski definition) is 3. The van der Waals surface area contributed by atoms with Crippen molar-refractivity contribution in [3.05, 3.63) is 18.2 Å². The van der Waals surface area contributed by atoms with Crippen molar-refractivity contribution in [1.82, 2.24) is 14.5 Å². The summed E-state index contributed by atoms with van der Waals surface area (Å²) in [7, 11) is 1.77. The van der Waals surface area contributed by atoms with Gasteiger partial charge in [-0.3, -0.25) is 9.59 Å². The number of aryl methyl sites for hydroxylation is 1. The van der Waals surface area contributed by atoms with Crippen LogP contribution in [0.2, 0.25) is 0 Å². The maximum absolute atomic E-state index is 12.3. The fourth-order valence-electron chi connectivity index (χ4n) is 2.41. The summed E-state index contributed by atoms with van der Waals surface area (Å²) in [5.74, 6) is -1.18. The first-order chi connectivity index (χ1) is 8.50. The molecule has 1 saturated heterocycles. The average Bonchev–Trinajstić information content (AvgIpc) is 2.74. The van der Waals surface area contributed by atoms with E-state index in [4.69, 9.17) is 5.11 Å². The number of carboxylic acids is 1. The van der Waals surface area contributed by atoms with Gasteiger partial charge in [0.1, 0.15) is 5.69 Å². The third kappa shape index (κ3) is 2.23. The van der Waals surface area contributed by atoms with Gasteiger partial charge in [0.15, 0.2) is 0 Å². The standard InChI is InChI=1S/C12H17N3O3/c1-8-5-9(12(17)18)3-4-15(8)11(16)10-6-13-7-14(10)2/h6-9H,3-5H2,1-2H3,(H,17,18). The Morgan fingerprint density at radius 3 is 2.72 bits per heavy atom. The fraction of sp³-hybridized carbons (Fsp3) is 0.583. The molecule has 1 aliphatic rings. The highest BCUT2D eigenvalue weighted by Crippen LogP contribution is 2.24. The lowest BCUT2D eigenvalue weighted by molar-refractivity contribution is -0.143. The van der Waals surface area contributed by atoms with Crippen LogP contribution in [0, 0.1) is 5.92 Å². The zero-order chi connectivity index (χ0) is 13.3. The number of carbonyl (C=O) groups excluding carboxylic acids is 1. The molecule has 1 fully saturated rings. The first-order valence-electron chi connectivity index (χ1n) is 6.00. The molecule has 1 aliphatic heterocycles. The van der Waals surface area contributed by atoms with Gasteiger partial charge in [-0.1, -0.05) is 0 Å². The van der Waals surface area contributed by atoms with Crippen LogP contribution in [0.15, 0.2) is 12.5 Å². The average molecular weight is 251 g/mol. The van der Waals surface area contributed by atoms with Crippen molar-refractivity contribution in [2.24, 2.45) is 13.0 Å². The van der Waals surface area contributed by atoms with Gasteiger partial charge in [0.05, 0.1) is 18.4 Å². The summed E-state index contributed by atoms with van der Waals surface area (Å²) in [5.41, 5.74) is 0.538. The van der Waals surface area contributed by atoms with E-state index in [1.54, 1.807) is 29.0 Å². The smallest absolute Gasteiger partial charge is 0.306 e. The minimum Gasteiger partial charge on any atom is -0.481 e. The van der Waals surface area contributed by atoms with Crippen LogP contribution in [0.25, 0.3) is 0 Å². The third-order valence-corrected chi connectivity index (χ3v) is 3.52. The Morgan fingerprint density at radius 1 is 1.50 bits per heavy atom. The van der Waals surface area contributed by atoms with Crippen molar-refractivity contribution in [3.63, 3.8) is 0 Å². The molecule has 1 N–H and O–H groups in total. The molecule has 0 spiro atoms. The summed E-state index contributed by atoms with van der Waals surface area (Å²) in [5, 5.41) is 8.99. The number of imidazole rings is 1. The van der Waals surface area contributed by atoms with Gasteiger partial charge in [-0.25, -0.2) is 4.98 Å². The molecule has 2 heterocycles. The van der Waals surface area contributed by atoms with Crippen LogP contribution in [0.4, 0.5) is 0 Å². The van der Waals surface area contributed by atoms with Gasteiger partial charge >= 0.3 is 5.97 Å². The van der Waals surface area contributed by atoms with Crippen LogP contribution in [-0.2, 0) is 11.8 Å². The number of aromatic nitrogens is 2. The largest absolute Gasteiger partial charge is 0.481 e. The van der Waals surface area contributed by atoms with Crippen molar-refractivity contribution in [3.8, 4) is 0 Å². The quantitative estimate of drug-likeness (QED) is 0.841. The summed E-state index contributed by atoms with van der Waals surface area (Å²) >= 11 is 0. The third-order valence-electron chi connectivity index (χ3n) is 3.52. The van der Waals surface area contributed by atoms with Crippen LogP contribution in [0.5, 0.6) is 0 Å². The van der Waals surface area contributed by atoms with Gasteiger partial charge in [-0.2, -0.15) is 0 Å². The number of rotatable bonds is 2. The second-order valence-corrected chi connectivity index (χ2v) is 4.80. The van der Waals surface area contributed by atoms with Crippen LogP contribution >= 0.6 is 0 Å². The summed E-state index contributed by atoms with van der Waals surface area (Å²) in [6.45, 7) is 2.38. The molecule has 0 aliphatic carbocycles. The monoisotopic (exact) mass is 251 g/mol. The van der Waals surface area contributed by atoms with E-state index in [9.17, 15) is 9.59 Å². The maximum atomic E-state index is 12.3. The summed E-state index contributed by atoms with van der Waals surface area (Å²) < 4.78 is 1.68. The van der Waals surface area contributed by atoms with E-state index in [0.29, 0.717) is 25.1 Å². The lowest BCUT2D eigenvalue weighted by Crippen LogP contribution is -2.46. The molecule has 1 aromatic heterocycles. The number of amides is 1. The molecule has 98 valence electrons. The Hall–Kier alpha value is -1.85. The van der Waals surface area contributed by atoms with E-state index in [1.165, 1.54) is 0 Å². The molecule has 6 heteroatoms. The predicted octanol–water partition coefficient (Wildman–Crippen LogP) is 0.745. The second-order valence-electron chi connectivity index (χ2n) is 4.80. The van der Waals surface area contributed by atoms with Crippen LogP contribution in [0.3, 0.4) is 0 Å². The number of aliphatic carboxylic acids is 1. The van der Waals surface area contributed by atoms with E-state index >= 15 is 0 Å². The van der Waals surface area contributed by atoms with Crippen molar-refractivity contribution >= 4 is 11.9 Å². The lowest BCUT2D eigenvalue weighted by atomic mass is 9.91. The van der Waals surface area contributed by atoms with Gasteiger partial charge in [0, 0.05) is 19.6 Å². The molecule has 18 heavy (non-hydrogen) atoms. The molecule has 6 nitrogen and oxygen atoms in total. The van der Waals surface area contributed by atoms with Crippen LogP contribution in [0.1, 0.15) is 30.3 Å². The van der Waals surface area contributed by atoms with Crippen molar-refractivity contribution in [1.29, 1.82) is 0 Å². The zero-order valence-corrected chi connectivity index (χ0v) is 10.5. The summed E-state index contributed by atoms with van der Waals surface area (Å²) in [4.78, 5) is 28.9. The molecule has 0 radical (unpaired) electrons. The fourth-order valence-corrected chi connectivity index (χ4v) is 2.41. The molecule has 0 saturated carbocycles. The molecule has 1 aromatic rings. The molecule has 0 aromatic carbocycles. The molecule has 2 atom stereocenters. The molecular formula is C12H17N3O3. The molecular weight excluding hydrogens is 234 g/mol. The van der Waals surface area contributed by atoms with E-state index in [-0.39, 0.29) is 17.9 Å². The normalized spacial score (nSPS) is 24.0. The van der Waals surface area contributed by atoms with Crippen LogP contribution in [-0.4, -0.2) is 44.0 Å². The van der Waals surface area contributed by atoms with Gasteiger partial charge in [-0.05, 0) is 19.8 Å². The van der Waals surface area contributed by atoms with Gasteiger partial charge in [-0.15, -0.1) is 0 Å². The number of nitrogens with zero attached hydrogens (tertiary/aromatic N) is 3. The first-order valence-corrected chi connectivity index (χ1v) is 6.00. The number of hydrogen-bond donors (Lipinski definition) is 1. The van der Waals surface area contributed by atoms with E-state index in [1.807, 2.05) is 6.92 Å². The summed E-state index contributed by atoms with van der Waals surface area (Å²) in [6.07, 6.45) is 4.16.